The molecule has 0 saturated carbocycles. The summed E-state index contributed by atoms with van der Waals surface area (Å²) in [7, 11) is 0. The van der Waals surface area contributed by atoms with Gasteiger partial charge < -0.3 is 15.8 Å². The molecule has 0 heterocycles. The number of urea groups is 1. The number of nitrogens with one attached hydrogen (secondary N) is 1. The van der Waals surface area contributed by atoms with Gasteiger partial charge in [0.15, 0.2) is 0 Å². The number of amides is 2. The molecule has 52 valence electrons. The number of primary amides is 1. The highest BCUT2D eigenvalue weighted by Gasteiger charge is 1.87. The van der Waals surface area contributed by atoms with Gasteiger partial charge in [-0.15, -0.1) is 0 Å². The maximum atomic E-state index is 9.99. The minimum atomic E-state index is -0.539. The van der Waals surface area contributed by atoms with E-state index in [2.05, 4.69) is 16.6 Å². The Labute approximate surface area is 53.7 Å². The summed E-state index contributed by atoms with van der Waals surface area (Å²) in [6.07, 6.45) is 1.31. The molecule has 0 aliphatic rings. The molecule has 0 unspecified atom stereocenters. The lowest BCUT2D eigenvalue weighted by molar-refractivity contribution is 0.232. The second kappa shape index (κ2) is 4.96. The fourth-order valence-electron chi connectivity index (χ4n) is 0.316. The van der Waals surface area contributed by atoms with Gasteiger partial charge >= 0.3 is 6.03 Å². The van der Waals surface area contributed by atoms with Crippen molar-refractivity contribution < 1.29 is 9.53 Å². The van der Waals surface area contributed by atoms with Gasteiger partial charge in [0.2, 0.25) is 0 Å². The average molecular weight is 130 g/mol. The van der Waals surface area contributed by atoms with Crippen LogP contribution in [0.15, 0.2) is 12.8 Å². The van der Waals surface area contributed by atoms with Gasteiger partial charge in [-0.1, -0.05) is 6.58 Å². The summed E-state index contributed by atoms with van der Waals surface area (Å²) < 4.78 is 4.68. The monoisotopic (exact) mass is 130 g/mol. The van der Waals surface area contributed by atoms with Crippen LogP contribution in [0.25, 0.3) is 0 Å². The zero-order valence-corrected chi connectivity index (χ0v) is 5.09. The highest BCUT2D eigenvalue weighted by atomic mass is 16.5. The highest BCUT2D eigenvalue weighted by molar-refractivity contribution is 5.71. The van der Waals surface area contributed by atoms with Crippen molar-refractivity contribution in [2.45, 2.75) is 0 Å². The average Bonchev–Trinajstić information content (AvgIpc) is 1.80. The Morgan fingerprint density at radius 2 is 2.56 bits per heavy atom. The van der Waals surface area contributed by atoms with Crippen molar-refractivity contribution in [1.82, 2.24) is 5.32 Å². The quantitative estimate of drug-likeness (QED) is 0.409. The van der Waals surface area contributed by atoms with Crippen LogP contribution in [0.3, 0.4) is 0 Å². The Morgan fingerprint density at radius 3 is 3.00 bits per heavy atom. The van der Waals surface area contributed by atoms with E-state index in [0.717, 1.165) is 0 Å². The number of carbonyl (C=O) groups is 1. The van der Waals surface area contributed by atoms with Gasteiger partial charge in [-0.2, -0.15) is 0 Å². The number of carbonyl (C=O) groups excluding carboxylic acids is 1. The first-order valence-electron chi connectivity index (χ1n) is 2.53. The lowest BCUT2D eigenvalue weighted by atomic mass is 10.7. The number of rotatable bonds is 4. The molecule has 0 aromatic heterocycles. The van der Waals surface area contributed by atoms with Gasteiger partial charge in [-0.05, 0) is 0 Å². The van der Waals surface area contributed by atoms with Crippen molar-refractivity contribution >= 4 is 6.03 Å². The van der Waals surface area contributed by atoms with E-state index in [4.69, 9.17) is 5.73 Å². The minimum Gasteiger partial charge on any atom is -0.500 e. The Hall–Kier alpha value is -1.19. The van der Waals surface area contributed by atoms with Crippen LogP contribution in [0.4, 0.5) is 4.79 Å². The molecule has 0 aromatic rings. The Kier molecular flexibility index (Phi) is 4.30. The van der Waals surface area contributed by atoms with Crippen LogP contribution in [-0.4, -0.2) is 19.2 Å². The summed E-state index contributed by atoms with van der Waals surface area (Å²) in [5, 5.41) is 2.35. The SMILES string of the molecule is C=COCCNC(N)=O. The summed E-state index contributed by atoms with van der Waals surface area (Å²) >= 11 is 0. The molecule has 0 spiro atoms. The van der Waals surface area contributed by atoms with Crippen molar-refractivity contribution in [3.05, 3.63) is 12.8 Å². The summed E-state index contributed by atoms with van der Waals surface area (Å²) in [4.78, 5) is 9.99. The van der Waals surface area contributed by atoms with Crippen LogP contribution >= 0.6 is 0 Å². The number of hydrogen-bond donors (Lipinski definition) is 2. The number of nitrogens with two attached hydrogens (primary N) is 1. The molecule has 4 nitrogen and oxygen atoms in total. The molecule has 0 fully saturated rings. The van der Waals surface area contributed by atoms with E-state index in [0.29, 0.717) is 13.2 Å². The molecule has 9 heavy (non-hydrogen) atoms. The molecule has 0 rings (SSSR count). The van der Waals surface area contributed by atoms with E-state index in [9.17, 15) is 4.79 Å². The first-order valence-corrected chi connectivity index (χ1v) is 2.53. The van der Waals surface area contributed by atoms with Crippen molar-refractivity contribution in [3.8, 4) is 0 Å². The van der Waals surface area contributed by atoms with Crippen LogP contribution in [-0.2, 0) is 4.74 Å². The van der Waals surface area contributed by atoms with Crippen LogP contribution in [0.1, 0.15) is 0 Å². The summed E-state index contributed by atoms with van der Waals surface area (Å²) in [5.41, 5.74) is 4.74. The molecule has 0 radical (unpaired) electrons. The second-order valence-corrected chi connectivity index (χ2v) is 1.33. The Bertz CT molecular complexity index is 103. The van der Waals surface area contributed by atoms with Crippen LogP contribution in [0.5, 0.6) is 0 Å². The number of ether oxygens (including phenoxy) is 1. The Morgan fingerprint density at radius 1 is 1.89 bits per heavy atom. The molecule has 0 atom stereocenters. The van der Waals surface area contributed by atoms with Gasteiger partial charge in [0.1, 0.15) is 6.61 Å². The topological polar surface area (TPSA) is 64.3 Å². The lowest BCUT2D eigenvalue weighted by Crippen LogP contribution is -2.31. The molecule has 0 aliphatic carbocycles. The van der Waals surface area contributed by atoms with E-state index in [1.807, 2.05) is 0 Å². The third-order valence-corrected chi connectivity index (χ3v) is 0.637. The molecule has 0 aromatic carbocycles. The molecule has 4 heteroatoms. The first-order chi connectivity index (χ1) is 4.27. The third-order valence-electron chi connectivity index (χ3n) is 0.637. The fourth-order valence-corrected chi connectivity index (χ4v) is 0.316. The van der Waals surface area contributed by atoms with E-state index in [1.54, 1.807) is 0 Å². The van der Waals surface area contributed by atoms with E-state index >= 15 is 0 Å². The lowest BCUT2D eigenvalue weighted by Gasteiger charge is -1.99. The maximum absolute atomic E-state index is 9.99. The van der Waals surface area contributed by atoms with Crippen LogP contribution in [0.2, 0.25) is 0 Å². The van der Waals surface area contributed by atoms with Crippen molar-refractivity contribution in [3.63, 3.8) is 0 Å². The smallest absolute Gasteiger partial charge is 0.312 e. The standard InChI is InChI=1S/C5H10N2O2/c1-2-9-4-3-7-5(6)8/h2H,1,3-4H2,(H3,6,7,8). The summed E-state index contributed by atoms with van der Waals surface area (Å²) in [6, 6.07) is -0.539. The van der Waals surface area contributed by atoms with Gasteiger partial charge in [0.05, 0.1) is 12.8 Å². The zero-order chi connectivity index (χ0) is 7.11. The molecule has 0 saturated heterocycles. The fraction of sp³-hybridized carbons (Fsp3) is 0.400. The number of hydrogen-bond acceptors (Lipinski definition) is 2. The van der Waals surface area contributed by atoms with E-state index < -0.39 is 6.03 Å². The normalized spacial score (nSPS) is 8.00. The molecular formula is C5H10N2O2. The summed E-state index contributed by atoms with van der Waals surface area (Å²) in [5.74, 6) is 0. The largest absolute Gasteiger partial charge is 0.500 e. The van der Waals surface area contributed by atoms with Crippen molar-refractivity contribution in [1.29, 1.82) is 0 Å². The maximum Gasteiger partial charge on any atom is 0.312 e. The van der Waals surface area contributed by atoms with Crippen LogP contribution in [0, 0.1) is 0 Å². The zero-order valence-electron chi connectivity index (χ0n) is 5.09. The molecule has 0 bridgehead atoms. The first kappa shape index (κ1) is 7.81. The van der Waals surface area contributed by atoms with Gasteiger partial charge in [-0.3, -0.25) is 0 Å². The van der Waals surface area contributed by atoms with Gasteiger partial charge in [-0.25, -0.2) is 4.79 Å². The second-order valence-electron chi connectivity index (χ2n) is 1.33. The highest BCUT2D eigenvalue weighted by Crippen LogP contribution is 1.69. The van der Waals surface area contributed by atoms with Gasteiger partial charge in [0, 0.05) is 0 Å². The van der Waals surface area contributed by atoms with Crippen molar-refractivity contribution in [2.75, 3.05) is 13.2 Å². The predicted molar refractivity (Wildman–Crippen MR) is 33.7 cm³/mol. The van der Waals surface area contributed by atoms with E-state index in [1.165, 1.54) is 6.26 Å². The molecule has 3 N–H and O–H groups in total. The summed E-state index contributed by atoms with van der Waals surface area (Å²) in [6.45, 7) is 4.14. The molecule has 2 amide bonds. The Balaban J connectivity index is 2.91. The molecule has 0 aliphatic heterocycles. The third kappa shape index (κ3) is 6.81. The van der Waals surface area contributed by atoms with E-state index in [-0.39, 0.29) is 0 Å². The van der Waals surface area contributed by atoms with Crippen molar-refractivity contribution in [2.24, 2.45) is 5.73 Å². The molecular weight excluding hydrogens is 120 g/mol. The van der Waals surface area contributed by atoms with Gasteiger partial charge in [0.25, 0.3) is 0 Å². The minimum absolute atomic E-state index is 0.409. The van der Waals surface area contributed by atoms with Crippen LogP contribution < -0.4 is 11.1 Å². The predicted octanol–water partition coefficient (Wildman–Crippen LogP) is -0.185.